The molecule has 0 aromatic heterocycles. The van der Waals surface area contributed by atoms with Gasteiger partial charge in [-0.15, -0.1) is 0 Å². The van der Waals surface area contributed by atoms with E-state index >= 15 is 0 Å². The lowest BCUT2D eigenvalue weighted by Gasteiger charge is -2.23. The normalized spacial score (nSPS) is 20.0. The summed E-state index contributed by atoms with van der Waals surface area (Å²) in [4.78, 5) is 0. The van der Waals surface area contributed by atoms with Crippen LogP contribution in [0.15, 0.2) is 24.3 Å². The maximum absolute atomic E-state index is 3.55. The topological polar surface area (TPSA) is 12.0 Å². The summed E-state index contributed by atoms with van der Waals surface area (Å²) in [6, 6.07) is 9.89. The molecule has 0 radical (unpaired) electrons. The lowest BCUT2D eigenvalue weighted by atomic mass is 9.88. The van der Waals surface area contributed by atoms with Crippen LogP contribution in [-0.4, -0.2) is 7.05 Å². The molecule has 0 saturated heterocycles. The average molecular weight is 287 g/mol. The molecular formula is C20H33N. The first kappa shape index (κ1) is 16.5. The first-order valence-corrected chi connectivity index (χ1v) is 9.01. The maximum atomic E-state index is 3.55. The van der Waals surface area contributed by atoms with Crippen LogP contribution in [-0.2, 0) is 0 Å². The minimum atomic E-state index is 0.527. The molecule has 0 heterocycles. The standard InChI is InChI=1S/C20H33N/c1-4-16(2)18-11-13-19(14-12-18)20(21-3)15-17-9-7-5-6-8-10-17/h11-14,16-17,20-21H,4-10,15H2,1-3H3. The monoisotopic (exact) mass is 287 g/mol. The fourth-order valence-corrected chi connectivity index (χ4v) is 3.65. The number of benzene rings is 1. The van der Waals surface area contributed by atoms with Gasteiger partial charge >= 0.3 is 0 Å². The summed E-state index contributed by atoms with van der Waals surface area (Å²) in [7, 11) is 2.12. The largest absolute Gasteiger partial charge is 0.313 e. The molecule has 0 bridgehead atoms. The minimum absolute atomic E-state index is 0.527. The summed E-state index contributed by atoms with van der Waals surface area (Å²) in [5, 5.41) is 3.55. The molecule has 1 aliphatic rings. The van der Waals surface area contributed by atoms with Crippen LogP contribution in [0.2, 0.25) is 0 Å². The Morgan fingerprint density at radius 3 is 2.10 bits per heavy atom. The Balaban J connectivity index is 1.99. The number of hydrogen-bond donors (Lipinski definition) is 1. The van der Waals surface area contributed by atoms with Crippen molar-refractivity contribution in [2.45, 2.75) is 77.2 Å². The van der Waals surface area contributed by atoms with Crippen molar-refractivity contribution in [3.8, 4) is 0 Å². The van der Waals surface area contributed by atoms with Crippen LogP contribution < -0.4 is 5.32 Å². The highest BCUT2D eigenvalue weighted by Crippen LogP contribution is 2.31. The van der Waals surface area contributed by atoms with E-state index in [9.17, 15) is 0 Å². The van der Waals surface area contributed by atoms with Crippen molar-refractivity contribution in [1.29, 1.82) is 0 Å². The molecule has 2 atom stereocenters. The summed E-state index contributed by atoms with van der Waals surface area (Å²) in [6.45, 7) is 4.58. The highest BCUT2D eigenvalue weighted by Gasteiger charge is 2.18. The molecule has 1 aliphatic carbocycles. The smallest absolute Gasteiger partial charge is 0.0320 e. The third-order valence-corrected chi connectivity index (χ3v) is 5.41. The fraction of sp³-hybridized carbons (Fsp3) is 0.700. The molecule has 1 N–H and O–H groups in total. The Bertz CT molecular complexity index is 387. The van der Waals surface area contributed by atoms with Gasteiger partial charge in [0, 0.05) is 6.04 Å². The van der Waals surface area contributed by atoms with Crippen LogP contribution in [0.3, 0.4) is 0 Å². The van der Waals surface area contributed by atoms with Gasteiger partial charge in [-0.3, -0.25) is 0 Å². The van der Waals surface area contributed by atoms with Gasteiger partial charge in [0.05, 0.1) is 0 Å². The lowest BCUT2D eigenvalue weighted by molar-refractivity contribution is 0.368. The van der Waals surface area contributed by atoms with E-state index in [1.165, 1.54) is 62.5 Å². The molecule has 1 nitrogen and oxygen atoms in total. The summed E-state index contributed by atoms with van der Waals surface area (Å²) in [6.07, 6.45) is 11.2. The zero-order valence-corrected chi connectivity index (χ0v) is 14.2. The molecule has 118 valence electrons. The third-order valence-electron chi connectivity index (χ3n) is 5.41. The van der Waals surface area contributed by atoms with Gasteiger partial charge in [-0.05, 0) is 42.9 Å². The van der Waals surface area contributed by atoms with Gasteiger partial charge in [-0.1, -0.05) is 76.6 Å². The summed E-state index contributed by atoms with van der Waals surface area (Å²) >= 11 is 0. The first-order chi connectivity index (χ1) is 10.2. The molecule has 2 unspecified atom stereocenters. The molecule has 0 amide bonds. The van der Waals surface area contributed by atoms with Gasteiger partial charge in [0.25, 0.3) is 0 Å². The first-order valence-electron chi connectivity index (χ1n) is 9.01. The van der Waals surface area contributed by atoms with E-state index in [0.717, 1.165) is 5.92 Å². The third kappa shape index (κ3) is 4.85. The van der Waals surface area contributed by atoms with Crippen LogP contribution >= 0.6 is 0 Å². The van der Waals surface area contributed by atoms with E-state index in [1.807, 2.05) is 0 Å². The predicted molar refractivity (Wildman–Crippen MR) is 92.8 cm³/mol. The van der Waals surface area contributed by atoms with Crippen LogP contribution in [0.4, 0.5) is 0 Å². The number of rotatable bonds is 6. The highest BCUT2D eigenvalue weighted by molar-refractivity contribution is 5.27. The Kier molecular flexibility index (Phi) is 6.76. The fourth-order valence-electron chi connectivity index (χ4n) is 3.65. The molecule has 1 heteroatoms. The molecule has 1 saturated carbocycles. The minimum Gasteiger partial charge on any atom is -0.313 e. The summed E-state index contributed by atoms with van der Waals surface area (Å²) in [5.41, 5.74) is 2.94. The van der Waals surface area contributed by atoms with E-state index in [2.05, 4.69) is 50.5 Å². The molecule has 0 spiro atoms. The molecule has 2 rings (SSSR count). The van der Waals surface area contributed by atoms with E-state index in [0.29, 0.717) is 12.0 Å². The van der Waals surface area contributed by atoms with Gasteiger partial charge in [0.1, 0.15) is 0 Å². The number of nitrogens with one attached hydrogen (secondary N) is 1. The second-order valence-corrected chi connectivity index (χ2v) is 6.91. The summed E-state index contributed by atoms with van der Waals surface area (Å²) in [5.74, 6) is 1.59. The Morgan fingerprint density at radius 2 is 1.57 bits per heavy atom. The van der Waals surface area contributed by atoms with Crippen LogP contribution in [0.5, 0.6) is 0 Å². The van der Waals surface area contributed by atoms with Crippen molar-refractivity contribution in [2.75, 3.05) is 7.05 Å². The van der Waals surface area contributed by atoms with Gasteiger partial charge in [-0.25, -0.2) is 0 Å². The summed E-state index contributed by atoms with van der Waals surface area (Å²) < 4.78 is 0. The second-order valence-electron chi connectivity index (χ2n) is 6.91. The van der Waals surface area contributed by atoms with Crippen molar-refractivity contribution in [2.24, 2.45) is 5.92 Å². The molecule has 1 aromatic rings. The van der Waals surface area contributed by atoms with Crippen molar-refractivity contribution in [1.82, 2.24) is 5.32 Å². The zero-order valence-electron chi connectivity index (χ0n) is 14.2. The predicted octanol–water partition coefficient (Wildman–Crippen LogP) is 5.82. The van der Waals surface area contributed by atoms with Crippen molar-refractivity contribution >= 4 is 0 Å². The van der Waals surface area contributed by atoms with Crippen LogP contribution in [0.1, 0.15) is 88.3 Å². The van der Waals surface area contributed by atoms with Gasteiger partial charge in [0.2, 0.25) is 0 Å². The van der Waals surface area contributed by atoms with Crippen molar-refractivity contribution in [3.05, 3.63) is 35.4 Å². The highest BCUT2D eigenvalue weighted by atomic mass is 14.9. The Hall–Kier alpha value is -0.820. The Morgan fingerprint density at radius 1 is 1.00 bits per heavy atom. The van der Waals surface area contributed by atoms with Gasteiger partial charge < -0.3 is 5.32 Å². The van der Waals surface area contributed by atoms with Crippen LogP contribution in [0, 0.1) is 5.92 Å². The average Bonchev–Trinajstić information content (AvgIpc) is 2.80. The lowest BCUT2D eigenvalue weighted by Crippen LogP contribution is -2.20. The van der Waals surface area contributed by atoms with E-state index in [4.69, 9.17) is 0 Å². The zero-order chi connectivity index (χ0) is 15.1. The van der Waals surface area contributed by atoms with Crippen molar-refractivity contribution in [3.63, 3.8) is 0 Å². The maximum Gasteiger partial charge on any atom is 0.0320 e. The molecule has 1 fully saturated rings. The van der Waals surface area contributed by atoms with E-state index in [-0.39, 0.29) is 0 Å². The number of hydrogen-bond acceptors (Lipinski definition) is 1. The SMILES string of the molecule is CCC(C)c1ccc(C(CC2CCCCCC2)NC)cc1. The van der Waals surface area contributed by atoms with Crippen molar-refractivity contribution < 1.29 is 0 Å². The quantitative estimate of drug-likeness (QED) is 0.650. The molecule has 21 heavy (non-hydrogen) atoms. The Labute approximate surface area is 131 Å². The molecule has 1 aromatic carbocycles. The molecule has 0 aliphatic heterocycles. The molecular weight excluding hydrogens is 254 g/mol. The van der Waals surface area contributed by atoms with Crippen LogP contribution in [0.25, 0.3) is 0 Å². The second kappa shape index (κ2) is 8.58. The van der Waals surface area contributed by atoms with Gasteiger partial charge in [-0.2, -0.15) is 0 Å². The van der Waals surface area contributed by atoms with E-state index in [1.54, 1.807) is 0 Å². The van der Waals surface area contributed by atoms with E-state index < -0.39 is 0 Å². The van der Waals surface area contributed by atoms with Gasteiger partial charge in [0.15, 0.2) is 0 Å².